The van der Waals surface area contributed by atoms with E-state index < -0.39 is 6.17 Å². The molecule has 112 valence electrons. The number of aromatic amines is 1. The van der Waals surface area contributed by atoms with Crippen molar-refractivity contribution in [1.29, 1.82) is 0 Å². The number of alkyl halides is 1. The number of rotatable bonds is 4. The average molecular weight is 290 g/mol. The van der Waals surface area contributed by atoms with E-state index in [9.17, 15) is 4.39 Å². The Bertz CT molecular complexity index is 594. The van der Waals surface area contributed by atoms with Gasteiger partial charge in [0.05, 0.1) is 5.52 Å². The molecule has 1 saturated heterocycles. The van der Waals surface area contributed by atoms with Crippen LogP contribution in [0.4, 0.5) is 4.39 Å². The number of nitrogens with zero attached hydrogens (tertiary/aromatic N) is 3. The van der Waals surface area contributed by atoms with Crippen molar-refractivity contribution in [1.82, 2.24) is 19.9 Å². The lowest BCUT2D eigenvalue weighted by Crippen LogP contribution is -2.39. The molecule has 1 saturated carbocycles. The Morgan fingerprint density at radius 1 is 1.38 bits per heavy atom. The van der Waals surface area contributed by atoms with E-state index in [0.29, 0.717) is 37.2 Å². The summed E-state index contributed by atoms with van der Waals surface area (Å²) in [5.74, 6) is 0.706. The van der Waals surface area contributed by atoms with Gasteiger partial charge < -0.3 is 9.72 Å². The third-order valence-electron chi connectivity index (χ3n) is 4.56. The summed E-state index contributed by atoms with van der Waals surface area (Å²) in [6, 6.07) is 4.35. The standard InChI is InChI=1S/C15H19FN4O/c16-11-7-20(10-3-1-4-10)8-13(11)21-9-14-18-12-5-2-6-17-15(12)19-14/h2,5-6,10-11,13H,1,3-4,7-9H2,(H,17,18,19)/t11-,13+/m1/s1. The van der Waals surface area contributed by atoms with Crippen LogP contribution in [0, 0.1) is 0 Å². The number of ether oxygens (including phenoxy) is 1. The molecule has 4 rings (SSSR count). The maximum Gasteiger partial charge on any atom is 0.177 e. The number of halogens is 1. The van der Waals surface area contributed by atoms with Crippen LogP contribution in [0.1, 0.15) is 25.1 Å². The van der Waals surface area contributed by atoms with Crippen molar-refractivity contribution in [3.63, 3.8) is 0 Å². The molecule has 2 aromatic rings. The molecule has 0 spiro atoms. The van der Waals surface area contributed by atoms with Crippen molar-refractivity contribution in [2.75, 3.05) is 13.1 Å². The minimum atomic E-state index is -0.895. The van der Waals surface area contributed by atoms with Gasteiger partial charge in [0, 0.05) is 25.3 Å². The monoisotopic (exact) mass is 290 g/mol. The summed E-state index contributed by atoms with van der Waals surface area (Å²) >= 11 is 0. The molecule has 0 bridgehead atoms. The van der Waals surface area contributed by atoms with Crippen LogP contribution in [-0.4, -0.2) is 51.3 Å². The van der Waals surface area contributed by atoms with Crippen molar-refractivity contribution in [2.45, 2.75) is 44.2 Å². The first-order valence-electron chi connectivity index (χ1n) is 7.59. The van der Waals surface area contributed by atoms with Gasteiger partial charge in [-0.1, -0.05) is 6.42 Å². The highest BCUT2D eigenvalue weighted by molar-refractivity contribution is 5.69. The molecule has 1 aliphatic heterocycles. The number of nitrogens with one attached hydrogen (secondary N) is 1. The van der Waals surface area contributed by atoms with Gasteiger partial charge in [0.1, 0.15) is 24.7 Å². The number of aromatic nitrogens is 3. The van der Waals surface area contributed by atoms with Gasteiger partial charge in [-0.3, -0.25) is 4.90 Å². The average Bonchev–Trinajstić information content (AvgIpc) is 2.98. The van der Waals surface area contributed by atoms with Gasteiger partial charge in [-0.05, 0) is 25.0 Å². The lowest BCUT2D eigenvalue weighted by Gasteiger charge is -2.34. The molecule has 1 aliphatic carbocycles. The zero-order chi connectivity index (χ0) is 14.2. The van der Waals surface area contributed by atoms with Crippen molar-refractivity contribution in [3.05, 3.63) is 24.2 Å². The number of hydrogen-bond donors (Lipinski definition) is 1. The first kappa shape index (κ1) is 13.2. The van der Waals surface area contributed by atoms with Gasteiger partial charge in [0.15, 0.2) is 5.65 Å². The second-order valence-corrected chi connectivity index (χ2v) is 5.96. The Balaban J connectivity index is 1.37. The van der Waals surface area contributed by atoms with Crippen molar-refractivity contribution >= 4 is 11.2 Å². The van der Waals surface area contributed by atoms with Crippen LogP contribution in [0.5, 0.6) is 0 Å². The zero-order valence-corrected chi connectivity index (χ0v) is 11.8. The van der Waals surface area contributed by atoms with Crippen LogP contribution in [0.3, 0.4) is 0 Å². The largest absolute Gasteiger partial charge is 0.366 e. The van der Waals surface area contributed by atoms with Gasteiger partial charge in [-0.25, -0.2) is 14.4 Å². The maximum atomic E-state index is 14.1. The summed E-state index contributed by atoms with van der Waals surface area (Å²) < 4.78 is 19.8. The normalized spacial score (nSPS) is 27.3. The second kappa shape index (κ2) is 5.35. The molecule has 2 atom stereocenters. The number of pyridine rings is 1. The second-order valence-electron chi connectivity index (χ2n) is 5.96. The molecule has 2 fully saturated rings. The SMILES string of the molecule is F[C@@H]1CN(C2CCC2)C[C@@H]1OCc1nc2ncccc2[nH]1. The van der Waals surface area contributed by atoms with E-state index >= 15 is 0 Å². The van der Waals surface area contributed by atoms with E-state index in [4.69, 9.17) is 4.74 Å². The fourth-order valence-electron chi connectivity index (χ4n) is 3.12. The Labute approximate surface area is 122 Å². The summed E-state index contributed by atoms with van der Waals surface area (Å²) in [4.78, 5) is 13.9. The molecule has 5 nitrogen and oxygen atoms in total. The Morgan fingerprint density at radius 3 is 3.05 bits per heavy atom. The van der Waals surface area contributed by atoms with E-state index in [1.54, 1.807) is 6.20 Å². The van der Waals surface area contributed by atoms with Crippen LogP contribution in [-0.2, 0) is 11.3 Å². The minimum Gasteiger partial charge on any atom is -0.366 e. The summed E-state index contributed by atoms with van der Waals surface area (Å²) in [5.41, 5.74) is 1.56. The molecule has 6 heteroatoms. The number of likely N-dealkylation sites (tertiary alicyclic amines) is 1. The van der Waals surface area contributed by atoms with E-state index in [1.807, 2.05) is 12.1 Å². The Hall–Kier alpha value is -1.53. The Morgan fingerprint density at radius 2 is 2.29 bits per heavy atom. The van der Waals surface area contributed by atoms with Gasteiger partial charge in [-0.15, -0.1) is 0 Å². The summed E-state index contributed by atoms with van der Waals surface area (Å²) in [5, 5.41) is 0. The van der Waals surface area contributed by atoms with Gasteiger partial charge in [-0.2, -0.15) is 0 Å². The van der Waals surface area contributed by atoms with E-state index in [2.05, 4.69) is 19.9 Å². The molecule has 0 amide bonds. The lowest BCUT2D eigenvalue weighted by atomic mass is 9.92. The summed E-state index contributed by atoms with van der Waals surface area (Å²) in [6.07, 6.45) is 4.15. The highest BCUT2D eigenvalue weighted by Crippen LogP contribution is 2.30. The third kappa shape index (κ3) is 2.53. The number of imidazole rings is 1. The maximum absolute atomic E-state index is 14.1. The van der Waals surface area contributed by atoms with E-state index in [0.717, 1.165) is 5.52 Å². The van der Waals surface area contributed by atoms with Crippen molar-refractivity contribution < 1.29 is 9.13 Å². The topological polar surface area (TPSA) is 54.0 Å². The molecule has 3 heterocycles. The van der Waals surface area contributed by atoms with Gasteiger partial charge in [0.25, 0.3) is 0 Å². The summed E-state index contributed by atoms with van der Waals surface area (Å²) in [6.45, 7) is 1.52. The first-order chi connectivity index (χ1) is 10.3. The molecule has 1 N–H and O–H groups in total. The smallest absolute Gasteiger partial charge is 0.177 e. The molecule has 0 unspecified atom stereocenters. The molecule has 0 radical (unpaired) electrons. The Kier molecular flexibility index (Phi) is 3.35. The van der Waals surface area contributed by atoms with E-state index in [1.165, 1.54) is 19.3 Å². The number of hydrogen-bond acceptors (Lipinski definition) is 4. The van der Waals surface area contributed by atoms with E-state index in [-0.39, 0.29) is 6.10 Å². The van der Waals surface area contributed by atoms with Crippen LogP contribution in [0.2, 0.25) is 0 Å². The third-order valence-corrected chi connectivity index (χ3v) is 4.56. The highest BCUT2D eigenvalue weighted by Gasteiger charge is 2.38. The number of fused-ring (bicyclic) bond motifs is 1. The molecular formula is C15H19FN4O. The van der Waals surface area contributed by atoms with Crippen LogP contribution < -0.4 is 0 Å². The molecule has 2 aliphatic rings. The van der Waals surface area contributed by atoms with Crippen LogP contribution in [0.25, 0.3) is 11.2 Å². The first-order valence-corrected chi connectivity index (χ1v) is 7.59. The molecule has 2 aromatic heterocycles. The van der Waals surface area contributed by atoms with Gasteiger partial charge in [0.2, 0.25) is 0 Å². The van der Waals surface area contributed by atoms with Crippen LogP contribution >= 0.6 is 0 Å². The van der Waals surface area contributed by atoms with Crippen LogP contribution in [0.15, 0.2) is 18.3 Å². The lowest BCUT2D eigenvalue weighted by molar-refractivity contribution is 0.00648. The number of H-pyrrole nitrogens is 1. The van der Waals surface area contributed by atoms with Gasteiger partial charge >= 0.3 is 0 Å². The highest BCUT2D eigenvalue weighted by atomic mass is 19.1. The molecule has 21 heavy (non-hydrogen) atoms. The predicted octanol–water partition coefficient (Wildman–Crippen LogP) is 2.05. The van der Waals surface area contributed by atoms with Crippen molar-refractivity contribution in [3.8, 4) is 0 Å². The fourth-order valence-corrected chi connectivity index (χ4v) is 3.12. The quantitative estimate of drug-likeness (QED) is 0.936. The van der Waals surface area contributed by atoms with Crippen molar-refractivity contribution in [2.24, 2.45) is 0 Å². The molecule has 0 aromatic carbocycles. The summed E-state index contributed by atoms with van der Waals surface area (Å²) in [7, 11) is 0. The zero-order valence-electron chi connectivity index (χ0n) is 11.8. The fraction of sp³-hybridized carbons (Fsp3) is 0.600. The predicted molar refractivity (Wildman–Crippen MR) is 76.6 cm³/mol. The molecular weight excluding hydrogens is 271 g/mol. The minimum absolute atomic E-state index is 0.306.